The van der Waals surface area contributed by atoms with Crippen LogP contribution in [0.1, 0.15) is 57.3 Å². The van der Waals surface area contributed by atoms with Crippen LogP contribution in [0.4, 0.5) is 5.69 Å². The summed E-state index contributed by atoms with van der Waals surface area (Å²) in [5.74, 6) is -0.271. The molecule has 2 N–H and O–H groups in total. The van der Waals surface area contributed by atoms with E-state index < -0.39 is 10.0 Å². The van der Waals surface area contributed by atoms with Gasteiger partial charge in [-0.05, 0) is 58.2 Å². The van der Waals surface area contributed by atoms with Crippen LogP contribution in [0.25, 0.3) is 0 Å². The zero-order chi connectivity index (χ0) is 18.7. The minimum Gasteiger partial charge on any atom is -0.370 e. The Morgan fingerprint density at radius 3 is 2.40 bits per heavy atom. The van der Waals surface area contributed by atoms with Crippen LogP contribution in [0, 0.1) is 0 Å². The number of anilines is 1. The molecule has 1 aliphatic rings. The molecule has 1 heterocycles. The number of amides is 1. The first-order valence-electron chi connectivity index (χ1n) is 8.85. The van der Waals surface area contributed by atoms with E-state index in [0.29, 0.717) is 24.2 Å². The molecule has 1 aromatic rings. The van der Waals surface area contributed by atoms with Crippen molar-refractivity contribution in [3.8, 4) is 0 Å². The van der Waals surface area contributed by atoms with Gasteiger partial charge >= 0.3 is 0 Å². The summed E-state index contributed by atoms with van der Waals surface area (Å²) in [7, 11) is -3.66. The van der Waals surface area contributed by atoms with E-state index in [1.54, 1.807) is 12.1 Å². The maximum Gasteiger partial charge on any atom is 0.251 e. The molecule has 0 radical (unpaired) electrons. The highest BCUT2D eigenvalue weighted by Gasteiger charge is 2.25. The molecule has 6 nitrogen and oxygen atoms in total. The van der Waals surface area contributed by atoms with Crippen molar-refractivity contribution in [3.63, 3.8) is 0 Å². The molecule has 0 bridgehead atoms. The van der Waals surface area contributed by atoms with Gasteiger partial charge in [-0.25, -0.2) is 13.1 Å². The molecular weight excluding hydrogens is 338 g/mol. The van der Waals surface area contributed by atoms with Crippen LogP contribution in [-0.2, 0) is 10.0 Å². The molecule has 0 aliphatic carbocycles. The molecule has 1 saturated heterocycles. The van der Waals surface area contributed by atoms with Crippen molar-refractivity contribution in [2.75, 3.05) is 24.5 Å². The van der Waals surface area contributed by atoms with Gasteiger partial charge in [-0.2, -0.15) is 0 Å². The first kappa shape index (κ1) is 19.7. The molecule has 0 spiro atoms. The van der Waals surface area contributed by atoms with Crippen molar-refractivity contribution in [1.82, 2.24) is 10.0 Å². The Morgan fingerprint density at radius 1 is 1.20 bits per heavy atom. The molecule has 140 valence electrons. The molecule has 1 aliphatic heterocycles. The van der Waals surface area contributed by atoms with Crippen LogP contribution in [-0.4, -0.2) is 39.5 Å². The maximum absolute atomic E-state index is 12.8. The monoisotopic (exact) mass is 367 g/mol. The Kier molecular flexibility index (Phi) is 6.11. The number of benzene rings is 1. The van der Waals surface area contributed by atoms with Crippen LogP contribution in [0.5, 0.6) is 0 Å². The lowest BCUT2D eigenvalue weighted by molar-refractivity contribution is 0.0919. The predicted octanol–water partition coefficient (Wildman–Crippen LogP) is 2.50. The molecule has 1 fully saturated rings. The third-order valence-electron chi connectivity index (χ3n) is 3.99. The van der Waals surface area contributed by atoms with E-state index >= 15 is 0 Å². The fourth-order valence-corrected chi connectivity index (χ4v) is 4.20. The van der Waals surface area contributed by atoms with Crippen molar-refractivity contribution in [3.05, 3.63) is 23.8 Å². The largest absolute Gasteiger partial charge is 0.370 e. The number of carbonyl (C=O) groups is 1. The van der Waals surface area contributed by atoms with Gasteiger partial charge in [0, 0.05) is 30.7 Å². The summed E-state index contributed by atoms with van der Waals surface area (Å²) in [4.78, 5) is 14.7. The molecule has 0 saturated carbocycles. The Morgan fingerprint density at radius 2 is 1.84 bits per heavy atom. The summed E-state index contributed by atoms with van der Waals surface area (Å²) in [6.45, 7) is 9.64. The highest BCUT2D eigenvalue weighted by Crippen LogP contribution is 2.29. The van der Waals surface area contributed by atoms with Gasteiger partial charge in [-0.3, -0.25) is 4.79 Å². The second kappa shape index (κ2) is 7.74. The van der Waals surface area contributed by atoms with Gasteiger partial charge in [0.1, 0.15) is 4.90 Å². The van der Waals surface area contributed by atoms with E-state index in [-0.39, 0.29) is 16.3 Å². The Labute approximate surface area is 151 Å². The Bertz CT molecular complexity index is 718. The minimum atomic E-state index is -3.66. The molecular formula is C18H29N3O3S. The molecule has 0 unspecified atom stereocenters. The summed E-state index contributed by atoms with van der Waals surface area (Å²) in [6, 6.07) is 4.95. The van der Waals surface area contributed by atoms with Crippen LogP contribution in [0.3, 0.4) is 0 Å². The van der Waals surface area contributed by atoms with Gasteiger partial charge in [0.25, 0.3) is 5.91 Å². The quantitative estimate of drug-likeness (QED) is 0.810. The minimum absolute atomic E-state index is 0.185. The van der Waals surface area contributed by atoms with Crippen molar-refractivity contribution in [2.45, 2.75) is 57.4 Å². The summed E-state index contributed by atoms with van der Waals surface area (Å²) in [5.41, 5.74) is 0.646. The number of hydrogen-bond acceptors (Lipinski definition) is 4. The number of carbonyl (C=O) groups excluding carboxylic acids is 1. The first-order chi connectivity index (χ1) is 11.6. The van der Waals surface area contributed by atoms with E-state index in [2.05, 4.69) is 14.9 Å². The van der Waals surface area contributed by atoms with Gasteiger partial charge < -0.3 is 10.2 Å². The average molecular weight is 368 g/mol. The van der Waals surface area contributed by atoms with Crippen LogP contribution in [0.2, 0.25) is 0 Å². The van der Waals surface area contributed by atoms with Gasteiger partial charge in [0.2, 0.25) is 10.0 Å². The Balaban J connectivity index is 2.43. The molecule has 1 aromatic carbocycles. The molecule has 25 heavy (non-hydrogen) atoms. The van der Waals surface area contributed by atoms with Gasteiger partial charge in [0.15, 0.2) is 0 Å². The maximum atomic E-state index is 12.8. The molecule has 0 aromatic heterocycles. The van der Waals surface area contributed by atoms with Crippen molar-refractivity contribution in [2.24, 2.45) is 0 Å². The molecule has 1 amide bonds. The van der Waals surface area contributed by atoms with Gasteiger partial charge in [-0.15, -0.1) is 0 Å². The van der Waals surface area contributed by atoms with E-state index in [1.807, 2.05) is 27.7 Å². The lowest BCUT2D eigenvalue weighted by atomic mass is 10.1. The zero-order valence-corrected chi connectivity index (χ0v) is 16.4. The SMILES string of the molecule is CCCNS(=O)(=O)c1cc(C(=O)NC(C)(C)C)ccc1N1CCCC1. The number of sulfonamides is 1. The van der Waals surface area contributed by atoms with Crippen molar-refractivity contribution in [1.29, 1.82) is 0 Å². The third-order valence-corrected chi connectivity index (χ3v) is 5.48. The first-order valence-corrected chi connectivity index (χ1v) is 10.3. The summed E-state index contributed by atoms with van der Waals surface area (Å²) < 4.78 is 28.1. The predicted molar refractivity (Wildman–Crippen MR) is 101 cm³/mol. The van der Waals surface area contributed by atoms with E-state index in [4.69, 9.17) is 0 Å². The zero-order valence-electron chi connectivity index (χ0n) is 15.6. The van der Waals surface area contributed by atoms with Gasteiger partial charge in [0.05, 0.1) is 5.69 Å². The average Bonchev–Trinajstić information content (AvgIpc) is 3.05. The van der Waals surface area contributed by atoms with Gasteiger partial charge in [-0.1, -0.05) is 6.92 Å². The lowest BCUT2D eigenvalue weighted by Gasteiger charge is -2.23. The summed E-state index contributed by atoms with van der Waals surface area (Å²) in [6.07, 6.45) is 2.81. The fraction of sp³-hybridized carbons (Fsp3) is 0.611. The second-order valence-corrected chi connectivity index (χ2v) is 9.21. The van der Waals surface area contributed by atoms with Crippen LogP contribution in [0.15, 0.2) is 23.1 Å². The lowest BCUT2D eigenvalue weighted by Crippen LogP contribution is -2.40. The molecule has 7 heteroatoms. The van der Waals surface area contributed by atoms with Crippen molar-refractivity contribution < 1.29 is 13.2 Å². The Hall–Kier alpha value is -1.60. The van der Waals surface area contributed by atoms with Crippen LogP contribution < -0.4 is 14.9 Å². The second-order valence-electron chi connectivity index (χ2n) is 7.48. The summed E-state index contributed by atoms with van der Waals surface area (Å²) in [5, 5.41) is 2.88. The van der Waals surface area contributed by atoms with E-state index in [9.17, 15) is 13.2 Å². The highest BCUT2D eigenvalue weighted by molar-refractivity contribution is 7.89. The van der Waals surface area contributed by atoms with E-state index in [1.165, 1.54) is 6.07 Å². The summed E-state index contributed by atoms with van der Waals surface area (Å²) >= 11 is 0. The molecule has 0 atom stereocenters. The standard InChI is InChI=1S/C18H29N3O3S/c1-5-10-19-25(23,24)16-13-14(17(22)20-18(2,3)4)8-9-15(16)21-11-6-7-12-21/h8-9,13,19H,5-7,10-12H2,1-4H3,(H,20,22). The smallest absolute Gasteiger partial charge is 0.251 e. The number of nitrogens with zero attached hydrogens (tertiary/aromatic N) is 1. The van der Waals surface area contributed by atoms with E-state index in [0.717, 1.165) is 25.9 Å². The fourth-order valence-electron chi connectivity index (χ4n) is 2.82. The normalized spacial score (nSPS) is 15.4. The number of rotatable bonds is 6. The topological polar surface area (TPSA) is 78.5 Å². The molecule has 2 rings (SSSR count). The number of nitrogens with one attached hydrogen (secondary N) is 2. The third kappa shape index (κ3) is 5.19. The number of hydrogen-bond donors (Lipinski definition) is 2. The highest BCUT2D eigenvalue weighted by atomic mass is 32.2. The van der Waals surface area contributed by atoms with Crippen LogP contribution >= 0.6 is 0 Å². The van der Waals surface area contributed by atoms with Crippen molar-refractivity contribution >= 4 is 21.6 Å².